The average Bonchev–Trinajstić information content (AvgIpc) is 2.85. The van der Waals surface area contributed by atoms with Gasteiger partial charge in [-0.2, -0.15) is 0 Å². The van der Waals surface area contributed by atoms with E-state index in [-0.39, 0.29) is 24.0 Å². The lowest BCUT2D eigenvalue weighted by atomic mass is 10.1. The average molecular weight is 323 g/mol. The maximum Gasteiger partial charge on any atom is 0.261 e. The molecule has 4 nitrogen and oxygen atoms in total. The first-order chi connectivity index (χ1) is 11.6. The minimum atomic E-state index is -0.210. The van der Waals surface area contributed by atoms with Crippen LogP contribution in [0.5, 0.6) is 0 Å². The molecule has 2 amide bonds. The van der Waals surface area contributed by atoms with Crippen LogP contribution in [0, 0.1) is 0 Å². The van der Waals surface area contributed by atoms with Gasteiger partial charge in [0, 0.05) is 6.04 Å². The number of fused-ring (bicyclic) bond motifs is 1. The molecule has 0 N–H and O–H groups in total. The molecular weight excluding hydrogens is 302 g/mol. The Morgan fingerprint density at radius 3 is 2.00 bits per heavy atom. The molecule has 0 aliphatic carbocycles. The summed E-state index contributed by atoms with van der Waals surface area (Å²) < 4.78 is 5.86. The highest BCUT2D eigenvalue weighted by Gasteiger charge is 2.38. The second-order valence-corrected chi connectivity index (χ2v) is 6.22. The number of benzene rings is 2. The van der Waals surface area contributed by atoms with Gasteiger partial charge in [-0.15, -0.1) is 0 Å². The fourth-order valence-electron chi connectivity index (χ4n) is 3.07. The molecule has 3 rings (SSSR count). The van der Waals surface area contributed by atoms with Crippen LogP contribution in [0.2, 0.25) is 0 Å². The van der Waals surface area contributed by atoms with Gasteiger partial charge in [0.25, 0.3) is 11.8 Å². The van der Waals surface area contributed by atoms with Crippen molar-refractivity contribution in [2.24, 2.45) is 0 Å². The van der Waals surface area contributed by atoms with Gasteiger partial charge in [0.2, 0.25) is 0 Å². The summed E-state index contributed by atoms with van der Waals surface area (Å²) in [7, 11) is 0. The molecule has 1 heterocycles. The Kier molecular flexibility index (Phi) is 4.76. The quantitative estimate of drug-likeness (QED) is 0.762. The number of hydrogen-bond acceptors (Lipinski definition) is 3. The van der Waals surface area contributed by atoms with Crippen LogP contribution in [-0.4, -0.2) is 28.9 Å². The third-order valence-electron chi connectivity index (χ3n) is 4.32. The Morgan fingerprint density at radius 2 is 1.42 bits per heavy atom. The minimum absolute atomic E-state index is 0.0514. The molecule has 0 saturated heterocycles. The maximum atomic E-state index is 12.5. The number of ether oxygens (including phenoxy) is 1. The molecule has 0 spiro atoms. The molecule has 24 heavy (non-hydrogen) atoms. The topological polar surface area (TPSA) is 46.6 Å². The van der Waals surface area contributed by atoms with Crippen molar-refractivity contribution in [3.05, 3.63) is 71.3 Å². The van der Waals surface area contributed by atoms with Crippen LogP contribution in [-0.2, 0) is 11.3 Å². The van der Waals surface area contributed by atoms with Gasteiger partial charge < -0.3 is 4.74 Å². The second kappa shape index (κ2) is 6.97. The molecule has 0 bridgehead atoms. The summed E-state index contributed by atoms with van der Waals surface area (Å²) in [6, 6.07) is 16.7. The lowest BCUT2D eigenvalue weighted by molar-refractivity contribution is 0.0269. The largest absolute Gasteiger partial charge is 0.374 e. The highest BCUT2D eigenvalue weighted by molar-refractivity contribution is 6.21. The summed E-state index contributed by atoms with van der Waals surface area (Å²) in [4.78, 5) is 26.3. The molecule has 4 heteroatoms. The zero-order chi connectivity index (χ0) is 17.1. The van der Waals surface area contributed by atoms with Gasteiger partial charge >= 0.3 is 0 Å². The van der Waals surface area contributed by atoms with Gasteiger partial charge in [0.15, 0.2) is 0 Å². The molecule has 1 aliphatic rings. The Bertz CT molecular complexity index is 707. The standard InChI is InChI=1S/C20H21NO3/c1-14(12-15(2)24-13-16-8-4-3-5-9-16)21-19(22)17-10-6-7-11-18(17)20(21)23/h3-11,14-15H,12-13H2,1-2H3/t14-,15+/m0/s1. The number of carbonyl (C=O) groups excluding carboxylic acids is 2. The van der Waals surface area contributed by atoms with E-state index >= 15 is 0 Å². The first-order valence-electron chi connectivity index (χ1n) is 8.20. The van der Waals surface area contributed by atoms with Crippen LogP contribution in [0.15, 0.2) is 54.6 Å². The predicted octanol–water partition coefficient (Wildman–Crippen LogP) is 3.67. The molecule has 2 atom stereocenters. The third kappa shape index (κ3) is 3.24. The Labute approximate surface area is 142 Å². The van der Waals surface area contributed by atoms with Gasteiger partial charge in [-0.05, 0) is 38.0 Å². The van der Waals surface area contributed by atoms with E-state index in [1.54, 1.807) is 24.3 Å². The summed E-state index contributed by atoms with van der Waals surface area (Å²) >= 11 is 0. The molecular formula is C20H21NO3. The molecule has 0 aromatic heterocycles. The maximum absolute atomic E-state index is 12.5. The fourth-order valence-corrected chi connectivity index (χ4v) is 3.07. The molecule has 0 unspecified atom stereocenters. The van der Waals surface area contributed by atoms with E-state index in [9.17, 15) is 9.59 Å². The highest BCUT2D eigenvalue weighted by Crippen LogP contribution is 2.26. The van der Waals surface area contributed by atoms with Crippen LogP contribution in [0.1, 0.15) is 46.5 Å². The van der Waals surface area contributed by atoms with E-state index in [0.717, 1.165) is 5.56 Å². The smallest absolute Gasteiger partial charge is 0.261 e. The summed E-state index contributed by atoms with van der Waals surface area (Å²) in [5, 5.41) is 0. The lowest BCUT2D eigenvalue weighted by Crippen LogP contribution is -2.39. The normalized spacial score (nSPS) is 16.2. The first-order valence-corrected chi connectivity index (χ1v) is 8.20. The van der Waals surface area contributed by atoms with Gasteiger partial charge in [0.1, 0.15) is 0 Å². The third-order valence-corrected chi connectivity index (χ3v) is 4.32. The Morgan fingerprint density at radius 1 is 0.875 bits per heavy atom. The number of carbonyl (C=O) groups is 2. The summed E-state index contributed by atoms with van der Waals surface area (Å²) in [5.74, 6) is -0.420. The monoisotopic (exact) mass is 323 g/mol. The molecule has 124 valence electrons. The number of nitrogens with zero attached hydrogens (tertiary/aromatic N) is 1. The molecule has 0 saturated carbocycles. The lowest BCUT2D eigenvalue weighted by Gasteiger charge is -2.25. The van der Waals surface area contributed by atoms with Crippen molar-refractivity contribution < 1.29 is 14.3 Å². The van der Waals surface area contributed by atoms with Crippen molar-refractivity contribution in [1.82, 2.24) is 4.90 Å². The predicted molar refractivity (Wildman–Crippen MR) is 91.7 cm³/mol. The van der Waals surface area contributed by atoms with E-state index in [0.29, 0.717) is 24.2 Å². The zero-order valence-electron chi connectivity index (χ0n) is 13.9. The minimum Gasteiger partial charge on any atom is -0.374 e. The Hall–Kier alpha value is -2.46. The SMILES string of the molecule is C[C@H](C[C@H](C)N1C(=O)c2ccccc2C1=O)OCc1ccccc1. The van der Waals surface area contributed by atoms with Gasteiger partial charge in [-0.25, -0.2) is 0 Å². The zero-order valence-corrected chi connectivity index (χ0v) is 13.9. The van der Waals surface area contributed by atoms with E-state index in [4.69, 9.17) is 4.74 Å². The molecule has 2 aromatic carbocycles. The summed E-state index contributed by atoms with van der Waals surface area (Å²) in [5.41, 5.74) is 2.09. The van der Waals surface area contributed by atoms with E-state index in [1.165, 1.54) is 4.90 Å². The number of amides is 2. The Balaban J connectivity index is 1.60. The van der Waals surface area contributed by atoms with Crippen molar-refractivity contribution >= 4 is 11.8 Å². The second-order valence-electron chi connectivity index (χ2n) is 6.22. The number of imide groups is 1. The molecule has 2 aromatic rings. The van der Waals surface area contributed by atoms with Gasteiger partial charge in [0.05, 0.1) is 23.8 Å². The van der Waals surface area contributed by atoms with E-state index in [2.05, 4.69) is 0 Å². The number of rotatable bonds is 6. The van der Waals surface area contributed by atoms with Crippen molar-refractivity contribution in [1.29, 1.82) is 0 Å². The highest BCUT2D eigenvalue weighted by atomic mass is 16.5. The van der Waals surface area contributed by atoms with Crippen LogP contribution in [0.25, 0.3) is 0 Å². The molecule has 1 aliphatic heterocycles. The van der Waals surface area contributed by atoms with E-state index in [1.807, 2.05) is 44.2 Å². The van der Waals surface area contributed by atoms with Gasteiger partial charge in [-0.3, -0.25) is 14.5 Å². The molecule has 0 radical (unpaired) electrons. The van der Waals surface area contributed by atoms with E-state index < -0.39 is 0 Å². The van der Waals surface area contributed by atoms with Gasteiger partial charge in [-0.1, -0.05) is 42.5 Å². The summed E-state index contributed by atoms with van der Waals surface area (Å²) in [6.45, 7) is 4.39. The van der Waals surface area contributed by atoms with Crippen LogP contribution in [0.3, 0.4) is 0 Å². The fraction of sp³-hybridized carbons (Fsp3) is 0.300. The van der Waals surface area contributed by atoms with Crippen molar-refractivity contribution in [3.8, 4) is 0 Å². The molecule has 0 fully saturated rings. The van der Waals surface area contributed by atoms with Crippen LogP contribution < -0.4 is 0 Å². The summed E-state index contributed by atoms with van der Waals surface area (Å²) in [6.07, 6.45) is 0.558. The van der Waals surface area contributed by atoms with Crippen molar-refractivity contribution in [3.63, 3.8) is 0 Å². The first kappa shape index (κ1) is 16.4. The van der Waals surface area contributed by atoms with Crippen LogP contribution in [0.4, 0.5) is 0 Å². The van der Waals surface area contributed by atoms with Crippen molar-refractivity contribution in [2.45, 2.75) is 39.0 Å². The van der Waals surface area contributed by atoms with Crippen LogP contribution >= 0.6 is 0 Å². The number of hydrogen-bond donors (Lipinski definition) is 0. The van der Waals surface area contributed by atoms with Crippen molar-refractivity contribution in [2.75, 3.05) is 0 Å².